The van der Waals surface area contributed by atoms with E-state index in [1.807, 2.05) is 0 Å². The summed E-state index contributed by atoms with van der Waals surface area (Å²) >= 11 is 4.91. The van der Waals surface area contributed by atoms with Crippen LogP contribution in [0.5, 0.6) is 0 Å². The summed E-state index contributed by atoms with van der Waals surface area (Å²) in [7, 11) is -4.78. The lowest BCUT2D eigenvalue weighted by Gasteiger charge is -2.21. The van der Waals surface area contributed by atoms with Crippen LogP contribution < -0.4 is 5.69 Å². The molecule has 0 aromatic carbocycles. The number of hydrogen-bond donors (Lipinski definition) is 3. The first kappa shape index (κ1) is 16.5. The van der Waals surface area contributed by atoms with Crippen molar-refractivity contribution in [2.75, 3.05) is 6.61 Å². The van der Waals surface area contributed by atoms with Crippen LogP contribution in [0.2, 0.25) is 0 Å². The molecule has 1 aliphatic rings. The van der Waals surface area contributed by atoms with E-state index in [2.05, 4.69) is 9.51 Å². The fraction of sp³-hybridized carbons (Fsp3) is 0.600. The molecule has 0 saturated carbocycles. The number of aryl methyl sites for hydroxylation is 1. The average Bonchev–Trinajstić information content (AvgIpc) is 2.74. The number of halogens is 1. The van der Waals surface area contributed by atoms with Crippen molar-refractivity contribution in [3.8, 4) is 0 Å². The van der Waals surface area contributed by atoms with E-state index in [1.165, 1.54) is 6.20 Å². The zero-order valence-corrected chi connectivity index (χ0v) is 12.7. The van der Waals surface area contributed by atoms with E-state index >= 15 is 0 Å². The zero-order chi connectivity index (χ0) is 15.8. The number of rotatable bonds is 4. The van der Waals surface area contributed by atoms with E-state index < -0.39 is 32.2 Å². The number of alkyl halides is 1. The van der Waals surface area contributed by atoms with Crippen molar-refractivity contribution in [3.63, 3.8) is 0 Å². The number of ether oxygens (including phenoxy) is 1. The third kappa shape index (κ3) is 4.06. The number of aromatic nitrogens is 2. The number of phosphoric ester groups is 1. The summed E-state index contributed by atoms with van der Waals surface area (Å²) in [5, 5.41) is 0. The van der Waals surface area contributed by atoms with Crippen molar-refractivity contribution in [2.45, 2.75) is 31.8 Å². The summed E-state index contributed by atoms with van der Waals surface area (Å²) in [5.74, 6) is -2.36. The molecule has 2 rings (SSSR count). The molecule has 2 heterocycles. The van der Waals surface area contributed by atoms with Crippen molar-refractivity contribution in [3.05, 3.63) is 26.9 Å². The van der Waals surface area contributed by atoms with Gasteiger partial charge in [-0.15, -0.1) is 0 Å². The van der Waals surface area contributed by atoms with Crippen molar-refractivity contribution in [1.82, 2.24) is 9.55 Å². The van der Waals surface area contributed by atoms with Crippen LogP contribution in [0.25, 0.3) is 0 Å². The second kappa shape index (κ2) is 5.71. The molecule has 0 amide bonds. The van der Waals surface area contributed by atoms with Gasteiger partial charge in [-0.3, -0.25) is 14.1 Å². The fourth-order valence-corrected chi connectivity index (χ4v) is 2.48. The van der Waals surface area contributed by atoms with Gasteiger partial charge in [0.1, 0.15) is 17.5 Å². The van der Waals surface area contributed by atoms with E-state index in [-0.39, 0.29) is 17.5 Å². The molecule has 0 bridgehead atoms. The number of hydrogen-bond acceptors (Lipinski definition) is 5. The maximum Gasteiger partial charge on any atom is 0.469 e. The van der Waals surface area contributed by atoms with E-state index in [0.29, 0.717) is 5.56 Å². The Morgan fingerprint density at radius 1 is 1.71 bits per heavy atom. The minimum absolute atomic E-state index is 0.154. The smallest absolute Gasteiger partial charge is 0.320 e. The number of aromatic amines is 1. The van der Waals surface area contributed by atoms with Gasteiger partial charge in [-0.05, 0) is 13.3 Å². The van der Waals surface area contributed by atoms with Crippen LogP contribution >= 0.6 is 20.0 Å². The van der Waals surface area contributed by atoms with Crippen molar-refractivity contribution < 1.29 is 28.0 Å². The molecule has 0 spiro atoms. The Balaban J connectivity index is 2.15. The Morgan fingerprint density at radius 2 is 2.38 bits per heavy atom. The molecule has 0 radical (unpaired) electrons. The number of H-pyrrole nitrogens is 1. The predicted octanol–water partition coefficient (Wildman–Crippen LogP) is 1.30. The average molecular weight is 340 g/mol. The van der Waals surface area contributed by atoms with Crippen LogP contribution in [0, 0.1) is 11.6 Å². The Morgan fingerprint density at radius 3 is 3.00 bits per heavy atom. The highest BCUT2D eigenvalue weighted by Crippen LogP contribution is 2.42. The summed E-state index contributed by atoms with van der Waals surface area (Å²) in [6.07, 6.45) is 0.555. The molecule has 1 aliphatic heterocycles. The molecular formula is C10H14FN2O6PS. The largest absolute Gasteiger partial charge is 0.469 e. The molecule has 21 heavy (non-hydrogen) atoms. The number of nitrogens with zero attached hydrogens (tertiary/aromatic N) is 1. The van der Waals surface area contributed by atoms with Gasteiger partial charge in [-0.1, -0.05) is 12.2 Å². The molecule has 1 saturated heterocycles. The second-order valence-electron chi connectivity index (χ2n) is 4.74. The van der Waals surface area contributed by atoms with Gasteiger partial charge in [0, 0.05) is 18.2 Å². The first-order valence-electron chi connectivity index (χ1n) is 5.98. The van der Waals surface area contributed by atoms with Crippen molar-refractivity contribution in [2.24, 2.45) is 0 Å². The third-order valence-corrected chi connectivity index (χ3v) is 3.91. The standard InChI is InChI=1S/C10H14FN2O6PS/c1-6-4-13(9(14)12-8(6)21)7-2-3-10(11,19-7)5-18-20(15,16)17/h4,7H,2-3,5H2,1H3,(H,12,14,21)(H2,15,16,17)/t7-,10+/m1/s1. The Bertz CT molecular complexity index is 700. The van der Waals surface area contributed by atoms with Gasteiger partial charge in [-0.2, -0.15) is 0 Å². The molecule has 0 aliphatic carbocycles. The highest BCUT2D eigenvalue weighted by molar-refractivity contribution is 7.71. The van der Waals surface area contributed by atoms with Crippen LogP contribution in [-0.4, -0.2) is 31.8 Å². The second-order valence-corrected chi connectivity index (χ2v) is 6.38. The minimum atomic E-state index is -4.78. The molecule has 8 nitrogen and oxygen atoms in total. The van der Waals surface area contributed by atoms with Crippen LogP contribution in [0.3, 0.4) is 0 Å². The monoisotopic (exact) mass is 340 g/mol. The molecule has 118 valence electrons. The molecular weight excluding hydrogens is 326 g/mol. The lowest BCUT2D eigenvalue weighted by Crippen LogP contribution is -2.32. The van der Waals surface area contributed by atoms with E-state index in [1.54, 1.807) is 6.92 Å². The summed E-state index contributed by atoms with van der Waals surface area (Å²) in [4.78, 5) is 31.4. The third-order valence-electron chi connectivity index (χ3n) is 3.02. The van der Waals surface area contributed by atoms with Gasteiger partial charge in [0.25, 0.3) is 0 Å². The summed E-state index contributed by atoms with van der Waals surface area (Å²) in [6.45, 7) is 0.771. The lowest BCUT2D eigenvalue weighted by molar-refractivity contribution is -0.175. The van der Waals surface area contributed by atoms with Crippen LogP contribution in [-0.2, 0) is 13.8 Å². The quantitative estimate of drug-likeness (QED) is 0.559. The molecule has 1 aromatic heterocycles. The van der Waals surface area contributed by atoms with Crippen molar-refractivity contribution >= 4 is 20.0 Å². The maximum atomic E-state index is 14.3. The molecule has 1 fully saturated rings. The SMILES string of the molecule is Cc1cn([C@H]2CC[C@@](F)(COP(=O)(O)O)O2)c(=O)[nH]c1=S. The molecule has 2 atom stereocenters. The summed E-state index contributed by atoms with van der Waals surface area (Å²) < 4.78 is 35.5. The lowest BCUT2D eigenvalue weighted by atomic mass is 10.2. The molecule has 3 N–H and O–H groups in total. The van der Waals surface area contributed by atoms with Crippen LogP contribution in [0.1, 0.15) is 24.6 Å². The van der Waals surface area contributed by atoms with Gasteiger partial charge < -0.3 is 14.5 Å². The molecule has 1 aromatic rings. The van der Waals surface area contributed by atoms with Gasteiger partial charge in [0.15, 0.2) is 0 Å². The van der Waals surface area contributed by atoms with Gasteiger partial charge >= 0.3 is 13.5 Å². The fourth-order valence-electron chi connectivity index (χ4n) is 1.98. The topological polar surface area (TPSA) is 114 Å². The normalized spacial score (nSPS) is 26.2. The molecule has 11 heteroatoms. The first-order chi connectivity index (χ1) is 9.60. The van der Waals surface area contributed by atoms with Crippen molar-refractivity contribution in [1.29, 1.82) is 0 Å². The van der Waals surface area contributed by atoms with E-state index in [4.69, 9.17) is 26.7 Å². The van der Waals surface area contributed by atoms with Gasteiger partial charge in [0.2, 0.25) is 5.85 Å². The number of phosphoric acid groups is 1. The van der Waals surface area contributed by atoms with Gasteiger partial charge in [0.05, 0.1) is 0 Å². The zero-order valence-electron chi connectivity index (χ0n) is 11.0. The predicted molar refractivity (Wildman–Crippen MR) is 71.8 cm³/mol. The van der Waals surface area contributed by atoms with E-state index in [0.717, 1.165) is 4.57 Å². The first-order valence-corrected chi connectivity index (χ1v) is 7.92. The summed E-state index contributed by atoms with van der Waals surface area (Å²) in [5.41, 5.74) is 0.0757. The Hall–Kier alpha value is -0.900. The van der Waals surface area contributed by atoms with Crippen LogP contribution in [0.4, 0.5) is 4.39 Å². The minimum Gasteiger partial charge on any atom is -0.320 e. The molecule has 0 unspecified atom stereocenters. The Kier molecular flexibility index (Phi) is 4.48. The van der Waals surface area contributed by atoms with Crippen LogP contribution in [0.15, 0.2) is 11.0 Å². The maximum absolute atomic E-state index is 14.3. The Labute approximate surface area is 123 Å². The van der Waals surface area contributed by atoms with E-state index in [9.17, 15) is 13.8 Å². The summed E-state index contributed by atoms with van der Waals surface area (Å²) in [6, 6.07) is 0. The number of nitrogens with one attached hydrogen (secondary N) is 1. The highest BCUT2D eigenvalue weighted by atomic mass is 32.1. The van der Waals surface area contributed by atoms with Gasteiger partial charge in [-0.25, -0.2) is 13.8 Å². The highest BCUT2D eigenvalue weighted by Gasteiger charge is 2.43.